The van der Waals surface area contributed by atoms with Crippen LogP contribution in [0.3, 0.4) is 0 Å². The Morgan fingerprint density at radius 2 is 2.18 bits per heavy atom. The molecule has 1 unspecified atom stereocenters. The molecule has 11 heavy (non-hydrogen) atoms. The third-order valence-corrected chi connectivity index (χ3v) is 1.97. The number of quaternary nitrogens is 1. The fourth-order valence-corrected chi connectivity index (χ4v) is 1.38. The Labute approximate surface area is 68.5 Å². The van der Waals surface area contributed by atoms with Crippen molar-refractivity contribution in [3.63, 3.8) is 0 Å². The third kappa shape index (κ3) is 6.00. The highest BCUT2D eigenvalue weighted by Gasteiger charge is 2.16. The van der Waals surface area contributed by atoms with E-state index >= 15 is 0 Å². The van der Waals surface area contributed by atoms with E-state index in [2.05, 4.69) is 5.92 Å². The van der Waals surface area contributed by atoms with E-state index in [1.54, 1.807) is 0 Å². The smallest absolute Gasteiger partial charge is 0.314 e. The zero-order chi connectivity index (χ0) is 8.91. The van der Waals surface area contributed by atoms with Crippen LogP contribution in [0.1, 0.15) is 0 Å². The van der Waals surface area contributed by atoms with Crippen LogP contribution in [0.2, 0.25) is 0 Å². The maximum Gasteiger partial charge on any atom is 0.314 e. The quantitative estimate of drug-likeness (QED) is 0.336. The molecule has 0 aliphatic carbocycles. The first kappa shape index (κ1) is 10.6. The lowest BCUT2D eigenvalue weighted by molar-refractivity contribution is -0.880. The summed E-state index contributed by atoms with van der Waals surface area (Å²) >= 11 is 0. The molecule has 0 amide bonds. The monoisotopic (exact) mass is 174 g/mol. The lowest BCUT2D eigenvalue weighted by atomic mass is 10.4. The van der Waals surface area contributed by atoms with Gasteiger partial charge >= 0.3 is 8.03 Å². The summed E-state index contributed by atoms with van der Waals surface area (Å²) in [5.41, 5.74) is 0. The standard InChI is InChI=1S/C7H13NO2P/c1-4-5-8(2,3)6-7-11(9)10/h1H,5-7H2,2-3H3/q+1. The van der Waals surface area contributed by atoms with Crippen molar-refractivity contribution in [1.29, 1.82) is 0 Å². The van der Waals surface area contributed by atoms with Crippen LogP contribution in [-0.4, -0.2) is 37.8 Å². The average molecular weight is 174 g/mol. The molecule has 0 aromatic heterocycles. The molecule has 0 fully saturated rings. The Bertz CT molecular complexity index is 183. The first-order valence-electron chi connectivity index (χ1n) is 3.35. The Hall–Kier alpha value is -0.420. The second-order valence-corrected chi connectivity index (χ2v) is 4.19. The molecule has 0 aromatic rings. The molecule has 0 spiro atoms. The van der Waals surface area contributed by atoms with Crippen LogP contribution in [0, 0.1) is 12.3 Å². The van der Waals surface area contributed by atoms with Crippen LogP contribution >= 0.6 is 8.03 Å². The Balaban J connectivity index is 3.74. The van der Waals surface area contributed by atoms with Gasteiger partial charge < -0.3 is 9.38 Å². The summed E-state index contributed by atoms with van der Waals surface area (Å²) in [4.78, 5) is 10.2. The van der Waals surface area contributed by atoms with E-state index in [0.29, 0.717) is 17.6 Å². The predicted molar refractivity (Wildman–Crippen MR) is 43.1 cm³/mol. The van der Waals surface area contributed by atoms with Crippen molar-refractivity contribution in [2.24, 2.45) is 0 Å². The average Bonchev–Trinajstić information content (AvgIpc) is 1.84. The molecule has 0 heterocycles. The van der Waals surface area contributed by atoms with Crippen LogP contribution in [-0.2, 0) is 4.57 Å². The normalized spacial score (nSPS) is 12.4. The predicted octanol–water partition coefficient (Wildman–Crippen LogP) is -0.201. The molecule has 0 bridgehead atoms. The van der Waals surface area contributed by atoms with Crippen molar-refractivity contribution >= 4 is 8.03 Å². The van der Waals surface area contributed by atoms with Crippen molar-refractivity contribution in [2.75, 3.05) is 33.3 Å². The van der Waals surface area contributed by atoms with Crippen LogP contribution in [0.15, 0.2) is 0 Å². The summed E-state index contributed by atoms with van der Waals surface area (Å²) < 4.78 is 10.8. The summed E-state index contributed by atoms with van der Waals surface area (Å²) in [6.45, 7) is 1.16. The highest BCUT2D eigenvalue weighted by Crippen LogP contribution is 2.08. The molecule has 4 heteroatoms. The first-order valence-corrected chi connectivity index (χ1v) is 4.71. The molecular weight excluding hydrogens is 161 g/mol. The van der Waals surface area contributed by atoms with Gasteiger partial charge in [-0.05, 0) is 5.92 Å². The second-order valence-electron chi connectivity index (χ2n) is 3.08. The van der Waals surface area contributed by atoms with Gasteiger partial charge in [-0.15, -0.1) is 6.42 Å². The maximum absolute atomic E-state index is 10.2. The maximum atomic E-state index is 10.2. The molecular formula is C7H13NO2P+. The fraction of sp³-hybridized carbons (Fsp3) is 0.714. The SMILES string of the molecule is C#CC[N+](C)(C)CC[P+](=O)[O-]. The molecule has 0 aliphatic heterocycles. The number of hydrogen-bond acceptors (Lipinski definition) is 2. The number of rotatable bonds is 4. The summed E-state index contributed by atoms with van der Waals surface area (Å²) in [6.07, 6.45) is 5.32. The third-order valence-electron chi connectivity index (χ3n) is 1.41. The molecule has 3 nitrogen and oxygen atoms in total. The van der Waals surface area contributed by atoms with Crippen LogP contribution in [0.25, 0.3) is 0 Å². The number of terminal acetylenes is 1. The molecule has 0 aromatic carbocycles. The minimum Gasteiger partial charge on any atom is -0.595 e. The topological polar surface area (TPSA) is 40.1 Å². The van der Waals surface area contributed by atoms with Gasteiger partial charge in [0, 0.05) is 0 Å². The van der Waals surface area contributed by atoms with Crippen LogP contribution < -0.4 is 4.89 Å². The van der Waals surface area contributed by atoms with Gasteiger partial charge in [0.2, 0.25) is 0 Å². The first-order chi connectivity index (χ1) is 4.98. The van der Waals surface area contributed by atoms with Crippen molar-refractivity contribution in [3.05, 3.63) is 0 Å². The summed E-state index contributed by atoms with van der Waals surface area (Å²) in [6, 6.07) is 0. The largest absolute Gasteiger partial charge is 0.595 e. The van der Waals surface area contributed by atoms with E-state index in [9.17, 15) is 9.46 Å². The molecule has 0 saturated heterocycles. The van der Waals surface area contributed by atoms with Crippen LogP contribution in [0.4, 0.5) is 0 Å². The minimum atomic E-state index is -2.26. The molecule has 0 rings (SSSR count). The van der Waals surface area contributed by atoms with Crippen molar-refractivity contribution in [1.82, 2.24) is 0 Å². The molecule has 0 N–H and O–H groups in total. The van der Waals surface area contributed by atoms with Crippen molar-refractivity contribution in [3.8, 4) is 12.3 Å². The molecule has 1 atom stereocenters. The number of hydrogen-bond donors (Lipinski definition) is 0. The van der Waals surface area contributed by atoms with Gasteiger partial charge in [-0.3, -0.25) is 0 Å². The zero-order valence-electron chi connectivity index (χ0n) is 6.91. The van der Waals surface area contributed by atoms with Crippen molar-refractivity contribution < 1.29 is 13.9 Å². The highest BCUT2D eigenvalue weighted by atomic mass is 31.1. The lowest BCUT2D eigenvalue weighted by Gasteiger charge is -2.25. The Morgan fingerprint density at radius 3 is 2.55 bits per heavy atom. The Kier molecular flexibility index (Phi) is 4.29. The lowest BCUT2D eigenvalue weighted by Crippen LogP contribution is -2.41. The fourth-order valence-electron chi connectivity index (χ4n) is 0.679. The van der Waals surface area contributed by atoms with E-state index in [4.69, 9.17) is 6.42 Å². The van der Waals surface area contributed by atoms with Crippen molar-refractivity contribution in [2.45, 2.75) is 0 Å². The van der Waals surface area contributed by atoms with Gasteiger partial charge in [0.15, 0.2) is 6.16 Å². The van der Waals surface area contributed by atoms with E-state index in [0.717, 1.165) is 0 Å². The van der Waals surface area contributed by atoms with E-state index in [-0.39, 0.29) is 6.16 Å². The Morgan fingerprint density at radius 1 is 1.64 bits per heavy atom. The molecule has 0 aliphatic rings. The van der Waals surface area contributed by atoms with E-state index in [1.807, 2.05) is 14.1 Å². The van der Waals surface area contributed by atoms with Crippen LogP contribution in [0.5, 0.6) is 0 Å². The van der Waals surface area contributed by atoms with E-state index in [1.165, 1.54) is 0 Å². The van der Waals surface area contributed by atoms with Gasteiger partial charge in [-0.1, -0.05) is 4.57 Å². The second kappa shape index (κ2) is 4.46. The van der Waals surface area contributed by atoms with Gasteiger partial charge in [0.25, 0.3) is 0 Å². The summed E-state index contributed by atoms with van der Waals surface area (Å²) in [5.74, 6) is 2.51. The van der Waals surface area contributed by atoms with Gasteiger partial charge in [0.1, 0.15) is 13.1 Å². The summed E-state index contributed by atoms with van der Waals surface area (Å²) in [5, 5.41) is 0. The molecule has 0 radical (unpaired) electrons. The molecule has 0 saturated carbocycles. The van der Waals surface area contributed by atoms with Gasteiger partial charge in [-0.2, -0.15) is 0 Å². The molecule has 62 valence electrons. The number of nitrogens with zero attached hydrogens (tertiary/aromatic N) is 1. The summed E-state index contributed by atoms with van der Waals surface area (Å²) in [7, 11) is 1.57. The highest BCUT2D eigenvalue weighted by molar-refractivity contribution is 7.36. The zero-order valence-corrected chi connectivity index (χ0v) is 7.80. The minimum absolute atomic E-state index is 0.212. The van der Waals surface area contributed by atoms with Gasteiger partial charge in [0.05, 0.1) is 14.1 Å². The van der Waals surface area contributed by atoms with E-state index < -0.39 is 8.03 Å². The van der Waals surface area contributed by atoms with Gasteiger partial charge in [-0.25, -0.2) is 0 Å².